The van der Waals surface area contributed by atoms with Crippen LogP contribution in [0.25, 0.3) is 0 Å². The Bertz CT molecular complexity index is 344. The van der Waals surface area contributed by atoms with Gasteiger partial charge in [0.1, 0.15) is 0 Å². The molecule has 3 rings (SSSR count). The fourth-order valence-corrected chi connectivity index (χ4v) is 5.82. The molecule has 2 bridgehead atoms. The third kappa shape index (κ3) is 2.15. The molecule has 1 saturated heterocycles. The standard InChI is InChI=1S/C17H32N2/c1-12(2)18-14-7-9-19(11-14)15-16(3,4)13-6-8-17(15,5)10-13/h12-15,18H,6-11H2,1-5H3. The number of hydrogen-bond donors (Lipinski definition) is 1. The van der Waals surface area contributed by atoms with Crippen LogP contribution < -0.4 is 5.32 Å². The average Bonchev–Trinajstić information content (AvgIpc) is 2.89. The summed E-state index contributed by atoms with van der Waals surface area (Å²) >= 11 is 0. The van der Waals surface area contributed by atoms with E-state index in [1.165, 1.54) is 38.8 Å². The minimum atomic E-state index is 0.528. The largest absolute Gasteiger partial charge is 0.310 e. The molecule has 0 aromatic carbocycles. The Balaban J connectivity index is 1.73. The van der Waals surface area contributed by atoms with Crippen LogP contribution in [0.1, 0.15) is 60.3 Å². The Morgan fingerprint density at radius 1 is 1.16 bits per heavy atom. The summed E-state index contributed by atoms with van der Waals surface area (Å²) in [5, 5.41) is 3.74. The lowest BCUT2D eigenvalue weighted by atomic mass is 9.68. The van der Waals surface area contributed by atoms with E-state index in [1.807, 2.05) is 0 Å². The number of likely N-dealkylation sites (tertiary alicyclic amines) is 1. The maximum Gasteiger partial charge on any atom is 0.0209 e. The van der Waals surface area contributed by atoms with Crippen molar-refractivity contribution in [2.24, 2.45) is 16.7 Å². The molecular formula is C17H32N2. The highest BCUT2D eigenvalue weighted by molar-refractivity contribution is 5.13. The Morgan fingerprint density at radius 2 is 1.89 bits per heavy atom. The third-order valence-electron chi connectivity index (χ3n) is 6.35. The van der Waals surface area contributed by atoms with Crippen LogP contribution in [-0.4, -0.2) is 36.1 Å². The lowest BCUT2D eigenvalue weighted by Crippen LogP contribution is -2.52. The first-order chi connectivity index (χ1) is 8.83. The van der Waals surface area contributed by atoms with E-state index in [-0.39, 0.29) is 0 Å². The molecule has 19 heavy (non-hydrogen) atoms. The highest BCUT2D eigenvalue weighted by Crippen LogP contribution is 2.64. The van der Waals surface area contributed by atoms with Gasteiger partial charge < -0.3 is 5.32 Å². The predicted molar refractivity (Wildman–Crippen MR) is 81.3 cm³/mol. The van der Waals surface area contributed by atoms with Crippen molar-refractivity contribution in [3.8, 4) is 0 Å². The Hall–Kier alpha value is -0.0800. The molecule has 3 fully saturated rings. The Labute approximate surface area is 119 Å². The summed E-state index contributed by atoms with van der Waals surface area (Å²) in [6.07, 6.45) is 5.75. The zero-order valence-electron chi connectivity index (χ0n) is 13.5. The summed E-state index contributed by atoms with van der Waals surface area (Å²) in [4.78, 5) is 2.83. The lowest BCUT2D eigenvalue weighted by Gasteiger charge is -2.48. The van der Waals surface area contributed by atoms with E-state index in [0.717, 1.165) is 18.0 Å². The fraction of sp³-hybridized carbons (Fsp3) is 1.00. The van der Waals surface area contributed by atoms with Crippen LogP contribution in [0.2, 0.25) is 0 Å². The van der Waals surface area contributed by atoms with Crippen molar-refractivity contribution in [1.29, 1.82) is 0 Å². The van der Waals surface area contributed by atoms with E-state index in [1.54, 1.807) is 0 Å². The monoisotopic (exact) mass is 264 g/mol. The third-order valence-corrected chi connectivity index (χ3v) is 6.35. The van der Waals surface area contributed by atoms with Gasteiger partial charge in [0.15, 0.2) is 0 Å². The molecule has 2 saturated carbocycles. The Kier molecular flexibility index (Phi) is 3.26. The van der Waals surface area contributed by atoms with Crippen LogP contribution in [0.5, 0.6) is 0 Å². The van der Waals surface area contributed by atoms with E-state index in [2.05, 4.69) is 44.8 Å². The summed E-state index contributed by atoms with van der Waals surface area (Å²) in [6.45, 7) is 14.8. The molecule has 3 aliphatic rings. The van der Waals surface area contributed by atoms with Crippen molar-refractivity contribution in [3.05, 3.63) is 0 Å². The van der Waals surface area contributed by atoms with Crippen LogP contribution in [0.4, 0.5) is 0 Å². The van der Waals surface area contributed by atoms with Gasteiger partial charge in [-0.1, -0.05) is 34.6 Å². The molecule has 1 aliphatic heterocycles. The maximum absolute atomic E-state index is 3.74. The zero-order valence-corrected chi connectivity index (χ0v) is 13.5. The van der Waals surface area contributed by atoms with E-state index < -0.39 is 0 Å². The summed E-state index contributed by atoms with van der Waals surface area (Å²) in [7, 11) is 0. The molecule has 1 heterocycles. The summed E-state index contributed by atoms with van der Waals surface area (Å²) in [6, 6.07) is 2.16. The second kappa shape index (κ2) is 4.46. The molecule has 110 valence electrons. The number of nitrogens with zero attached hydrogens (tertiary/aromatic N) is 1. The SMILES string of the molecule is CC(C)NC1CCN(C2C3(C)CCC(C3)C2(C)C)C1. The molecule has 0 amide bonds. The van der Waals surface area contributed by atoms with E-state index in [9.17, 15) is 0 Å². The molecule has 4 atom stereocenters. The quantitative estimate of drug-likeness (QED) is 0.841. The highest BCUT2D eigenvalue weighted by atomic mass is 15.2. The first kappa shape index (κ1) is 13.9. The fourth-order valence-electron chi connectivity index (χ4n) is 5.82. The summed E-state index contributed by atoms with van der Waals surface area (Å²) in [5.41, 5.74) is 1.13. The molecule has 1 N–H and O–H groups in total. The minimum Gasteiger partial charge on any atom is -0.310 e. The minimum absolute atomic E-state index is 0.528. The molecule has 2 heteroatoms. The van der Waals surface area contributed by atoms with Gasteiger partial charge in [-0.15, -0.1) is 0 Å². The smallest absolute Gasteiger partial charge is 0.0209 e. The second-order valence-electron chi connectivity index (χ2n) is 8.62. The topological polar surface area (TPSA) is 15.3 Å². The number of nitrogens with one attached hydrogen (secondary N) is 1. The Morgan fingerprint density at radius 3 is 2.47 bits per heavy atom. The molecular weight excluding hydrogens is 232 g/mol. The molecule has 4 unspecified atom stereocenters. The van der Waals surface area contributed by atoms with Crippen LogP contribution in [0, 0.1) is 16.7 Å². The van der Waals surface area contributed by atoms with Crippen LogP contribution in [-0.2, 0) is 0 Å². The number of rotatable bonds is 3. The van der Waals surface area contributed by atoms with Crippen molar-refractivity contribution in [2.75, 3.05) is 13.1 Å². The number of hydrogen-bond acceptors (Lipinski definition) is 2. The molecule has 0 aromatic heterocycles. The van der Waals surface area contributed by atoms with Gasteiger partial charge >= 0.3 is 0 Å². The van der Waals surface area contributed by atoms with Crippen molar-refractivity contribution >= 4 is 0 Å². The molecule has 0 aromatic rings. The average molecular weight is 264 g/mol. The van der Waals surface area contributed by atoms with Crippen LogP contribution in [0.3, 0.4) is 0 Å². The van der Waals surface area contributed by atoms with Gasteiger partial charge in [0.05, 0.1) is 0 Å². The van der Waals surface area contributed by atoms with Crippen molar-refractivity contribution < 1.29 is 0 Å². The maximum atomic E-state index is 3.74. The second-order valence-corrected chi connectivity index (χ2v) is 8.62. The van der Waals surface area contributed by atoms with Crippen molar-refractivity contribution in [2.45, 2.75) is 78.4 Å². The van der Waals surface area contributed by atoms with E-state index in [0.29, 0.717) is 16.9 Å². The van der Waals surface area contributed by atoms with Crippen LogP contribution in [0.15, 0.2) is 0 Å². The first-order valence-corrected chi connectivity index (χ1v) is 8.33. The zero-order chi connectivity index (χ0) is 13.8. The van der Waals surface area contributed by atoms with Gasteiger partial charge in [0.2, 0.25) is 0 Å². The molecule has 2 nitrogen and oxygen atoms in total. The van der Waals surface area contributed by atoms with Crippen molar-refractivity contribution in [1.82, 2.24) is 10.2 Å². The van der Waals surface area contributed by atoms with Gasteiger partial charge in [-0.25, -0.2) is 0 Å². The first-order valence-electron chi connectivity index (χ1n) is 8.33. The summed E-state index contributed by atoms with van der Waals surface area (Å²) < 4.78 is 0. The van der Waals surface area contributed by atoms with Gasteiger partial charge in [-0.3, -0.25) is 4.90 Å². The molecule has 2 aliphatic carbocycles. The summed E-state index contributed by atoms with van der Waals surface area (Å²) in [5.74, 6) is 0.972. The van der Waals surface area contributed by atoms with Gasteiger partial charge in [0, 0.05) is 31.2 Å². The van der Waals surface area contributed by atoms with E-state index in [4.69, 9.17) is 0 Å². The molecule has 0 spiro atoms. The normalized spacial score (nSPS) is 45.5. The van der Waals surface area contributed by atoms with Gasteiger partial charge in [-0.05, 0) is 42.4 Å². The van der Waals surface area contributed by atoms with Gasteiger partial charge in [0.25, 0.3) is 0 Å². The molecule has 0 radical (unpaired) electrons. The van der Waals surface area contributed by atoms with Crippen molar-refractivity contribution in [3.63, 3.8) is 0 Å². The van der Waals surface area contributed by atoms with E-state index >= 15 is 0 Å². The van der Waals surface area contributed by atoms with Crippen LogP contribution >= 0.6 is 0 Å². The lowest BCUT2D eigenvalue weighted by molar-refractivity contribution is 0.0167. The highest BCUT2D eigenvalue weighted by Gasteiger charge is 2.61. The predicted octanol–water partition coefficient (Wildman–Crippen LogP) is 3.27. The number of fused-ring (bicyclic) bond motifs is 2. The van der Waals surface area contributed by atoms with Gasteiger partial charge in [-0.2, -0.15) is 0 Å².